The zero-order valence-electron chi connectivity index (χ0n) is 12.1. The number of likely N-dealkylation sites (tertiary alicyclic amines) is 1. The van der Waals surface area contributed by atoms with Gasteiger partial charge in [0.05, 0.1) is 0 Å². The molecule has 104 valence electrons. The van der Waals surface area contributed by atoms with Gasteiger partial charge in [0.25, 0.3) is 0 Å². The highest BCUT2D eigenvalue weighted by atomic mass is 15.3. The van der Waals surface area contributed by atoms with Crippen LogP contribution in [0.2, 0.25) is 0 Å². The lowest BCUT2D eigenvalue weighted by molar-refractivity contribution is 0.0905. The number of rotatable bonds is 1. The zero-order valence-corrected chi connectivity index (χ0v) is 12.1. The fourth-order valence-corrected chi connectivity index (χ4v) is 3.72. The fourth-order valence-electron chi connectivity index (χ4n) is 3.72. The van der Waals surface area contributed by atoms with Gasteiger partial charge in [-0.15, -0.1) is 0 Å². The van der Waals surface area contributed by atoms with E-state index in [0.717, 1.165) is 24.6 Å². The number of hydrogen-bond acceptors (Lipinski definition) is 4. The second-order valence-electron chi connectivity index (χ2n) is 6.43. The topological polar surface area (TPSA) is 32.3 Å². The van der Waals surface area contributed by atoms with Crippen LogP contribution in [-0.4, -0.2) is 48.1 Å². The second kappa shape index (κ2) is 5.08. The summed E-state index contributed by atoms with van der Waals surface area (Å²) in [6.45, 7) is 6.75. The molecule has 0 bridgehead atoms. The summed E-state index contributed by atoms with van der Waals surface area (Å²) in [5.41, 5.74) is 1.60. The molecular formula is C15H24N4. The molecule has 1 spiro atoms. The third kappa shape index (κ3) is 2.73. The highest BCUT2D eigenvalue weighted by molar-refractivity contribution is 5.31. The maximum absolute atomic E-state index is 4.50. The maximum atomic E-state index is 4.50. The maximum Gasteiger partial charge on any atom is 0.225 e. The predicted molar refractivity (Wildman–Crippen MR) is 77.4 cm³/mol. The lowest BCUT2D eigenvalue weighted by Crippen LogP contribution is -2.51. The first kappa shape index (κ1) is 12.9. The van der Waals surface area contributed by atoms with Gasteiger partial charge >= 0.3 is 0 Å². The molecule has 2 aliphatic heterocycles. The minimum atomic E-state index is 0.472. The molecule has 0 N–H and O–H groups in total. The molecule has 4 heteroatoms. The van der Waals surface area contributed by atoms with Crippen molar-refractivity contribution < 1.29 is 0 Å². The molecule has 0 aliphatic carbocycles. The molecule has 4 nitrogen and oxygen atoms in total. The fraction of sp³-hybridized carbons (Fsp3) is 0.733. The molecule has 1 aromatic rings. The Kier molecular flexibility index (Phi) is 3.44. The van der Waals surface area contributed by atoms with Gasteiger partial charge in [0.1, 0.15) is 0 Å². The molecule has 3 heterocycles. The van der Waals surface area contributed by atoms with Crippen molar-refractivity contribution in [3.63, 3.8) is 0 Å². The van der Waals surface area contributed by atoms with Crippen molar-refractivity contribution in [2.24, 2.45) is 5.41 Å². The molecule has 0 amide bonds. The van der Waals surface area contributed by atoms with Crippen LogP contribution >= 0.6 is 0 Å². The van der Waals surface area contributed by atoms with Crippen molar-refractivity contribution in [1.82, 2.24) is 14.9 Å². The summed E-state index contributed by atoms with van der Waals surface area (Å²) in [5.74, 6) is 0.915. The van der Waals surface area contributed by atoms with Gasteiger partial charge < -0.3 is 9.80 Å². The summed E-state index contributed by atoms with van der Waals surface area (Å²) >= 11 is 0. The SMILES string of the molecule is Cc1cnc(N2CCC[C@@]3(CCCN(C)C3)C2)nc1. The molecule has 1 aromatic heterocycles. The van der Waals surface area contributed by atoms with E-state index in [1.54, 1.807) is 0 Å². The predicted octanol–water partition coefficient (Wildman–Crippen LogP) is 2.10. The number of anilines is 1. The Bertz CT molecular complexity index is 426. The van der Waals surface area contributed by atoms with Gasteiger partial charge in [0, 0.05) is 37.4 Å². The monoisotopic (exact) mass is 260 g/mol. The largest absolute Gasteiger partial charge is 0.340 e. The number of piperidine rings is 2. The van der Waals surface area contributed by atoms with E-state index in [2.05, 4.69) is 26.8 Å². The molecule has 2 saturated heterocycles. The summed E-state index contributed by atoms with van der Waals surface area (Å²) in [6, 6.07) is 0. The Morgan fingerprint density at radius 2 is 1.74 bits per heavy atom. The van der Waals surface area contributed by atoms with E-state index in [1.807, 2.05) is 19.3 Å². The summed E-state index contributed by atoms with van der Waals surface area (Å²) in [7, 11) is 2.25. The lowest BCUT2D eigenvalue weighted by atomic mass is 9.74. The lowest BCUT2D eigenvalue weighted by Gasteiger charge is -2.47. The van der Waals surface area contributed by atoms with Crippen LogP contribution in [-0.2, 0) is 0 Å². The van der Waals surface area contributed by atoms with Gasteiger partial charge in [-0.2, -0.15) is 0 Å². The molecule has 3 rings (SSSR count). The molecule has 0 unspecified atom stereocenters. The van der Waals surface area contributed by atoms with E-state index in [4.69, 9.17) is 0 Å². The summed E-state index contributed by atoms with van der Waals surface area (Å²) < 4.78 is 0. The standard InChI is InChI=1S/C15H24N4/c1-13-9-16-14(17-10-13)19-8-4-6-15(12-19)5-3-7-18(2)11-15/h9-10H,3-8,11-12H2,1-2H3/t15-/m1/s1. The average Bonchev–Trinajstić information content (AvgIpc) is 2.39. The van der Waals surface area contributed by atoms with Gasteiger partial charge in [-0.3, -0.25) is 0 Å². The minimum absolute atomic E-state index is 0.472. The number of nitrogens with zero attached hydrogens (tertiary/aromatic N) is 4. The van der Waals surface area contributed by atoms with E-state index < -0.39 is 0 Å². The Morgan fingerprint density at radius 3 is 2.42 bits per heavy atom. The van der Waals surface area contributed by atoms with E-state index >= 15 is 0 Å². The summed E-state index contributed by atoms with van der Waals surface area (Å²) in [6.07, 6.45) is 9.18. The van der Waals surface area contributed by atoms with Crippen molar-refractivity contribution >= 4 is 5.95 Å². The second-order valence-corrected chi connectivity index (χ2v) is 6.43. The zero-order chi connectivity index (χ0) is 13.3. The molecule has 0 aromatic carbocycles. The third-order valence-corrected chi connectivity index (χ3v) is 4.56. The molecule has 0 saturated carbocycles. The van der Waals surface area contributed by atoms with Crippen molar-refractivity contribution in [3.8, 4) is 0 Å². The van der Waals surface area contributed by atoms with Crippen LogP contribution in [0.5, 0.6) is 0 Å². The van der Waals surface area contributed by atoms with E-state index in [9.17, 15) is 0 Å². The Balaban J connectivity index is 1.75. The first-order valence-corrected chi connectivity index (χ1v) is 7.39. The Morgan fingerprint density at radius 1 is 1.05 bits per heavy atom. The van der Waals surface area contributed by atoms with Crippen LogP contribution in [0.15, 0.2) is 12.4 Å². The van der Waals surface area contributed by atoms with Gasteiger partial charge in [0.15, 0.2) is 0 Å². The molecular weight excluding hydrogens is 236 g/mol. The normalized spacial score (nSPS) is 28.8. The van der Waals surface area contributed by atoms with E-state index in [0.29, 0.717) is 5.41 Å². The van der Waals surface area contributed by atoms with Gasteiger partial charge in [-0.1, -0.05) is 0 Å². The van der Waals surface area contributed by atoms with Gasteiger partial charge in [0.2, 0.25) is 5.95 Å². The summed E-state index contributed by atoms with van der Waals surface area (Å²) in [5, 5.41) is 0. The molecule has 2 fully saturated rings. The number of aromatic nitrogens is 2. The van der Waals surface area contributed by atoms with Crippen molar-refractivity contribution in [3.05, 3.63) is 18.0 Å². The van der Waals surface area contributed by atoms with Crippen LogP contribution in [0, 0.1) is 12.3 Å². The average molecular weight is 260 g/mol. The highest BCUT2D eigenvalue weighted by Crippen LogP contribution is 2.38. The quantitative estimate of drug-likeness (QED) is 0.774. The molecule has 1 atom stereocenters. The smallest absolute Gasteiger partial charge is 0.225 e. The first-order valence-electron chi connectivity index (χ1n) is 7.39. The highest BCUT2D eigenvalue weighted by Gasteiger charge is 2.38. The van der Waals surface area contributed by atoms with Crippen LogP contribution < -0.4 is 4.90 Å². The molecule has 19 heavy (non-hydrogen) atoms. The first-order chi connectivity index (χ1) is 9.17. The number of hydrogen-bond donors (Lipinski definition) is 0. The Labute approximate surface area is 115 Å². The summed E-state index contributed by atoms with van der Waals surface area (Å²) in [4.78, 5) is 13.9. The van der Waals surface area contributed by atoms with Crippen LogP contribution in [0.25, 0.3) is 0 Å². The third-order valence-electron chi connectivity index (χ3n) is 4.56. The number of aryl methyl sites for hydroxylation is 1. The van der Waals surface area contributed by atoms with E-state index in [1.165, 1.54) is 38.8 Å². The van der Waals surface area contributed by atoms with Crippen molar-refractivity contribution in [2.75, 3.05) is 38.1 Å². The van der Waals surface area contributed by atoms with Crippen LogP contribution in [0.3, 0.4) is 0 Å². The van der Waals surface area contributed by atoms with Crippen molar-refractivity contribution in [1.29, 1.82) is 0 Å². The Hall–Kier alpha value is -1.16. The van der Waals surface area contributed by atoms with Crippen LogP contribution in [0.4, 0.5) is 5.95 Å². The minimum Gasteiger partial charge on any atom is -0.340 e. The van der Waals surface area contributed by atoms with Crippen LogP contribution in [0.1, 0.15) is 31.2 Å². The van der Waals surface area contributed by atoms with Crippen molar-refractivity contribution in [2.45, 2.75) is 32.6 Å². The van der Waals surface area contributed by atoms with Gasteiger partial charge in [-0.25, -0.2) is 9.97 Å². The van der Waals surface area contributed by atoms with Gasteiger partial charge in [-0.05, 0) is 51.8 Å². The molecule has 0 radical (unpaired) electrons. The van der Waals surface area contributed by atoms with E-state index in [-0.39, 0.29) is 0 Å². The molecule has 2 aliphatic rings.